The summed E-state index contributed by atoms with van der Waals surface area (Å²) in [7, 11) is 1.83. The monoisotopic (exact) mass is 166 g/mol. The molecule has 4 heteroatoms. The molecule has 0 radical (unpaired) electrons. The lowest BCUT2D eigenvalue weighted by molar-refractivity contribution is -0.138. The molecule has 1 saturated carbocycles. The molecule has 64 valence electrons. The molecule has 0 saturated heterocycles. The van der Waals surface area contributed by atoms with Crippen molar-refractivity contribution < 1.29 is 9.90 Å². The molecular formula is C8H10N2O2. The van der Waals surface area contributed by atoms with Crippen LogP contribution in [0.4, 0.5) is 0 Å². The van der Waals surface area contributed by atoms with Crippen molar-refractivity contribution in [3.63, 3.8) is 0 Å². The molecule has 1 aliphatic rings. The predicted octanol–water partition coefficient (Wildman–Crippen LogP) is 0.608. The standard InChI is InChI=1S/C8H10N2O2/c1-10-4-5(3-9-10)6-2-7(6)8(11)12/h3-4,6-7H,2H2,1H3,(H,11,12)/t6-,7+/m1/s1. The summed E-state index contributed by atoms with van der Waals surface area (Å²) in [6, 6.07) is 0. The third kappa shape index (κ3) is 1.09. The van der Waals surface area contributed by atoms with E-state index in [4.69, 9.17) is 5.11 Å². The molecule has 1 heterocycles. The van der Waals surface area contributed by atoms with E-state index in [1.54, 1.807) is 10.9 Å². The number of aryl methyl sites for hydroxylation is 1. The maximum absolute atomic E-state index is 10.5. The molecule has 0 bridgehead atoms. The first-order valence-electron chi connectivity index (χ1n) is 3.90. The number of hydrogen-bond acceptors (Lipinski definition) is 2. The molecule has 0 aromatic carbocycles. The first kappa shape index (κ1) is 7.34. The van der Waals surface area contributed by atoms with Crippen molar-refractivity contribution in [2.75, 3.05) is 0 Å². The van der Waals surface area contributed by atoms with Crippen molar-refractivity contribution in [2.24, 2.45) is 13.0 Å². The lowest BCUT2D eigenvalue weighted by atomic mass is 10.2. The molecule has 1 aliphatic carbocycles. The van der Waals surface area contributed by atoms with E-state index < -0.39 is 5.97 Å². The van der Waals surface area contributed by atoms with Gasteiger partial charge in [-0.2, -0.15) is 5.10 Å². The zero-order valence-electron chi connectivity index (χ0n) is 6.77. The lowest BCUT2D eigenvalue weighted by Gasteiger charge is -1.89. The van der Waals surface area contributed by atoms with E-state index in [-0.39, 0.29) is 11.8 Å². The number of carboxylic acid groups (broad SMARTS) is 1. The van der Waals surface area contributed by atoms with Crippen molar-refractivity contribution in [1.82, 2.24) is 9.78 Å². The molecular weight excluding hydrogens is 156 g/mol. The summed E-state index contributed by atoms with van der Waals surface area (Å²) < 4.78 is 1.70. The maximum atomic E-state index is 10.5. The Morgan fingerprint density at radius 1 is 1.83 bits per heavy atom. The van der Waals surface area contributed by atoms with Crippen LogP contribution in [0.5, 0.6) is 0 Å². The van der Waals surface area contributed by atoms with Crippen LogP contribution in [0, 0.1) is 5.92 Å². The molecule has 4 nitrogen and oxygen atoms in total. The highest BCUT2D eigenvalue weighted by atomic mass is 16.4. The average Bonchev–Trinajstić information content (AvgIpc) is 2.70. The van der Waals surface area contributed by atoms with Gasteiger partial charge in [0.25, 0.3) is 0 Å². The van der Waals surface area contributed by atoms with E-state index in [1.165, 1.54) is 0 Å². The summed E-state index contributed by atoms with van der Waals surface area (Å²) in [5.41, 5.74) is 1.05. The normalized spacial score (nSPS) is 27.1. The Hall–Kier alpha value is -1.32. The van der Waals surface area contributed by atoms with Gasteiger partial charge in [-0.3, -0.25) is 9.48 Å². The van der Waals surface area contributed by atoms with E-state index in [0.29, 0.717) is 0 Å². The minimum atomic E-state index is -0.691. The molecule has 0 spiro atoms. The molecule has 12 heavy (non-hydrogen) atoms. The van der Waals surface area contributed by atoms with Crippen LogP contribution in [0.15, 0.2) is 12.4 Å². The van der Waals surface area contributed by atoms with Gasteiger partial charge < -0.3 is 5.11 Å². The van der Waals surface area contributed by atoms with E-state index in [9.17, 15) is 4.79 Å². The van der Waals surface area contributed by atoms with Crippen LogP contribution in [-0.2, 0) is 11.8 Å². The molecule has 0 aliphatic heterocycles. The Balaban J connectivity index is 2.10. The van der Waals surface area contributed by atoms with E-state index in [1.807, 2.05) is 13.2 Å². The smallest absolute Gasteiger partial charge is 0.307 e. The quantitative estimate of drug-likeness (QED) is 0.700. The Kier molecular flexibility index (Phi) is 1.43. The van der Waals surface area contributed by atoms with Gasteiger partial charge >= 0.3 is 5.97 Å². The van der Waals surface area contributed by atoms with Gasteiger partial charge in [-0.05, 0) is 12.0 Å². The molecule has 0 unspecified atom stereocenters. The molecule has 2 rings (SSSR count). The summed E-state index contributed by atoms with van der Waals surface area (Å²) in [5, 5.41) is 12.7. The third-order valence-electron chi connectivity index (χ3n) is 2.26. The van der Waals surface area contributed by atoms with Crippen molar-refractivity contribution in [3.05, 3.63) is 18.0 Å². The Bertz CT molecular complexity index is 319. The topological polar surface area (TPSA) is 55.1 Å². The summed E-state index contributed by atoms with van der Waals surface area (Å²) in [6.07, 6.45) is 4.39. The van der Waals surface area contributed by atoms with Gasteiger partial charge in [0.05, 0.1) is 12.1 Å². The minimum absolute atomic E-state index is 0.172. The van der Waals surface area contributed by atoms with Crippen LogP contribution in [0.1, 0.15) is 17.9 Å². The zero-order valence-corrected chi connectivity index (χ0v) is 6.77. The fourth-order valence-electron chi connectivity index (χ4n) is 1.47. The number of nitrogens with zero attached hydrogens (tertiary/aromatic N) is 2. The van der Waals surface area contributed by atoms with Crippen molar-refractivity contribution >= 4 is 5.97 Å². The van der Waals surface area contributed by atoms with Crippen molar-refractivity contribution in [3.8, 4) is 0 Å². The minimum Gasteiger partial charge on any atom is -0.481 e. The molecule has 1 fully saturated rings. The average molecular weight is 166 g/mol. The molecule has 2 atom stereocenters. The van der Waals surface area contributed by atoms with E-state index in [2.05, 4.69) is 5.10 Å². The number of hydrogen-bond donors (Lipinski definition) is 1. The van der Waals surface area contributed by atoms with Crippen LogP contribution in [0.2, 0.25) is 0 Å². The van der Waals surface area contributed by atoms with Crippen LogP contribution in [0.25, 0.3) is 0 Å². The molecule has 1 aromatic heterocycles. The second-order valence-corrected chi connectivity index (χ2v) is 3.23. The van der Waals surface area contributed by atoms with Crippen LogP contribution < -0.4 is 0 Å². The summed E-state index contributed by atoms with van der Waals surface area (Å²) >= 11 is 0. The second-order valence-electron chi connectivity index (χ2n) is 3.23. The second kappa shape index (κ2) is 2.33. The van der Waals surface area contributed by atoms with E-state index in [0.717, 1.165) is 12.0 Å². The highest BCUT2D eigenvalue weighted by Crippen LogP contribution is 2.47. The molecule has 1 aromatic rings. The number of carboxylic acids is 1. The summed E-state index contributed by atoms with van der Waals surface area (Å²) in [4.78, 5) is 10.5. The Morgan fingerprint density at radius 2 is 2.58 bits per heavy atom. The number of rotatable bonds is 2. The predicted molar refractivity (Wildman–Crippen MR) is 41.7 cm³/mol. The zero-order chi connectivity index (χ0) is 8.72. The number of aromatic nitrogens is 2. The van der Waals surface area contributed by atoms with Crippen LogP contribution in [-0.4, -0.2) is 20.9 Å². The van der Waals surface area contributed by atoms with Gasteiger partial charge in [0.1, 0.15) is 0 Å². The van der Waals surface area contributed by atoms with Crippen LogP contribution >= 0.6 is 0 Å². The number of carbonyl (C=O) groups is 1. The van der Waals surface area contributed by atoms with Gasteiger partial charge in [-0.25, -0.2) is 0 Å². The molecule has 1 N–H and O–H groups in total. The highest BCUT2D eigenvalue weighted by Gasteiger charge is 2.44. The largest absolute Gasteiger partial charge is 0.481 e. The third-order valence-corrected chi connectivity index (χ3v) is 2.26. The SMILES string of the molecule is Cn1cc([C@H]2C[C@@H]2C(=O)O)cn1. The summed E-state index contributed by atoms with van der Waals surface area (Å²) in [5.74, 6) is -0.658. The molecule has 0 amide bonds. The van der Waals surface area contributed by atoms with Gasteiger partial charge in [0.2, 0.25) is 0 Å². The van der Waals surface area contributed by atoms with Gasteiger partial charge in [0, 0.05) is 19.2 Å². The summed E-state index contributed by atoms with van der Waals surface area (Å²) in [6.45, 7) is 0. The van der Waals surface area contributed by atoms with E-state index >= 15 is 0 Å². The fraction of sp³-hybridized carbons (Fsp3) is 0.500. The maximum Gasteiger partial charge on any atom is 0.307 e. The number of aliphatic carboxylic acids is 1. The first-order chi connectivity index (χ1) is 5.68. The fourth-order valence-corrected chi connectivity index (χ4v) is 1.47. The van der Waals surface area contributed by atoms with Gasteiger partial charge in [0.15, 0.2) is 0 Å². The van der Waals surface area contributed by atoms with Crippen molar-refractivity contribution in [2.45, 2.75) is 12.3 Å². The lowest BCUT2D eigenvalue weighted by Crippen LogP contribution is -1.98. The Morgan fingerprint density at radius 3 is 3.00 bits per heavy atom. The highest BCUT2D eigenvalue weighted by molar-refractivity contribution is 5.75. The first-order valence-corrected chi connectivity index (χ1v) is 3.90. The van der Waals surface area contributed by atoms with Crippen molar-refractivity contribution in [1.29, 1.82) is 0 Å². The van der Waals surface area contributed by atoms with Gasteiger partial charge in [-0.15, -0.1) is 0 Å². The van der Waals surface area contributed by atoms with Crippen LogP contribution in [0.3, 0.4) is 0 Å². The van der Waals surface area contributed by atoms with Gasteiger partial charge in [-0.1, -0.05) is 0 Å². The Labute approximate surface area is 69.8 Å².